The number of rotatable bonds is 3. The number of nitrogens with zero attached hydrogens (tertiary/aromatic N) is 1. The van der Waals surface area contributed by atoms with E-state index in [4.69, 9.17) is 0 Å². The third-order valence-corrected chi connectivity index (χ3v) is 3.10. The van der Waals surface area contributed by atoms with E-state index in [1.54, 1.807) is 12.1 Å². The van der Waals surface area contributed by atoms with Crippen molar-refractivity contribution in [3.8, 4) is 11.4 Å². The van der Waals surface area contributed by atoms with Gasteiger partial charge < -0.3 is 4.98 Å². The van der Waals surface area contributed by atoms with Crippen LogP contribution in [0.25, 0.3) is 11.4 Å². The van der Waals surface area contributed by atoms with Crippen molar-refractivity contribution in [2.75, 3.05) is 0 Å². The Bertz CT molecular complexity index is 625. The van der Waals surface area contributed by atoms with Crippen LogP contribution in [0.4, 0.5) is 4.39 Å². The Kier molecular flexibility index (Phi) is 3.91. The number of aryl methyl sites for hydroxylation is 1. The first-order valence-electron chi connectivity index (χ1n) is 5.66. The molecular weight excluding hydrogens is 299 g/mol. The standard InChI is InChI=1S/C13H12BrFN2O/c1-2-3-9-7-12(18)17-13(16-9)8-4-5-11(15)10(14)6-8/h4-7H,2-3H2,1H3,(H,16,17,18). The third-order valence-electron chi connectivity index (χ3n) is 2.49. The highest BCUT2D eigenvalue weighted by atomic mass is 79.9. The molecule has 0 unspecified atom stereocenters. The summed E-state index contributed by atoms with van der Waals surface area (Å²) in [6.07, 6.45) is 1.67. The van der Waals surface area contributed by atoms with Gasteiger partial charge in [-0.05, 0) is 40.5 Å². The van der Waals surface area contributed by atoms with Gasteiger partial charge >= 0.3 is 0 Å². The van der Waals surface area contributed by atoms with Gasteiger partial charge in [-0.25, -0.2) is 9.37 Å². The highest BCUT2D eigenvalue weighted by molar-refractivity contribution is 9.10. The molecule has 0 aliphatic rings. The van der Waals surface area contributed by atoms with Gasteiger partial charge in [0.2, 0.25) is 0 Å². The highest BCUT2D eigenvalue weighted by Gasteiger charge is 2.06. The molecule has 18 heavy (non-hydrogen) atoms. The van der Waals surface area contributed by atoms with E-state index in [0.29, 0.717) is 15.9 Å². The van der Waals surface area contributed by atoms with Crippen molar-refractivity contribution in [3.05, 3.63) is 50.6 Å². The second-order valence-corrected chi connectivity index (χ2v) is 4.82. The lowest BCUT2D eigenvalue weighted by molar-refractivity contribution is 0.621. The molecule has 0 bridgehead atoms. The van der Waals surface area contributed by atoms with Gasteiger partial charge in [-0.3, -0.25) is 4.79 Å². The molecule has 0 aliphatic heterocycles. The number of H-pyrrole nitrogens is 1. The van der Waals surface area contributed by atoms with Crippen LogP contribution in [0.5, 0.6) is 0 Å². The second kappa shape index (κ2) is 5.44. The molecule has 0 fully saturated rings. The lowest BCUT2D eigenvalue weighted by Gasteiger charge is -2.04. The first-order chi connectivity index (χ1) is 8.60. The summed E-state index contributed by atoms with van der Waals surface area (Å²) in [5, 5.41) is 0. The average Bonchev–Trinajstić information content (AvgIpc) is 2.32. The maximum absolute atomic E-state index is 13.2. The summed E-state index contributed by atoms with van der Waals surface area (Å²) in [7, 11) is 0. The quantitative estimate of drug-likeness (QED) is 0.945. The Morgan fingerprint density at radius 2 is 2.17 bits per heavy atom. The van der Waals surface area contributed by atoms with Gasteiger partial charge in [-0.2, -0.15) is 0 Å². The van der Waals surface area contributed by atoms with Crippen molar-refractivity contribution in [2.45, 2.75) is 19.8 Å². The lowest BCUT2D eigenvalue weighted by Crippen LogP contribution is -2.10. The summed E-state index contributed by atoms with van der Waals surface area (Å²) in [4.78, 5) is 18.6. The van der Waals surface area contributed by atoms with Crippen molar-refractivity contribution in [2.24, 2.45) is 0 Å². The number of benzene rings is 1. The smallest absolute Gasteiger partial charge is 0.251 e. The molecule has 94 valence electrons. The van der Waals surface area contributed by atoms with Crippen molar-refractivity contribution in [3.63, 3.8) is 0 Å². The molecule has 0 saturated heterocycles. The minimum Gasteiger partial charge on any atom is -0.307 e. The second-order valence-electron chi connectivity index (χ2n) is 3.96. The summed E-state index contributed by atoms with van der Waals surface area (Å²) in [6.45, 7) is 2.02. The Morgan fingerprint density at radius 3 is 2.83 bits per heavy atom. The SMILES string of the molecule is CCCc1cc(=O)[nH]c(-c2ccc(F)c(Br)c2)n1. The molecular formula is C13H12BrFN2O. The Balaban J connectivity index is 2.49. The van der Waals surface area contributed by atoms with E-state index in [2.05, 4.69) is 25.9 Å². The van der Waals surface area contributed by atoms with Crippen LogP contribution in [0.2, 0.25) is 0 Å². The Morgan fingerprint density at radius 1 is 1.39 bits per heavy atom. The summed E-state index contributed by atoms with van der Waals surface area (Å²) < 4.78 is 13.5. The molecule has 1 aromatic heterocycles. The van der Waals surface area contributed by atoms with E-state index in [1.165, 1.54) is 12.1 Å². The highest BCUT2D eigenvalue weighted by Crippen LogP contribution is 2.22. The van der Waals surface area contributed by atoms with Gasteiger partial charge in [0.25, 0.3) is 5.56 Å². The fourth-order valence-electron chi connectivity index (χ4n) is 1.67. The van der Waals surface area contributed by atoms with E-state index in [0.717, 1.165) is 18.5 Å². The van der Waals surface area contributed by atoms with Gasteiger partial charge in [0.1, 0.15) is 11.6 Å². The van der Waals surface area contributed by atoms with Crippen LogP contribution < -0.4 is 5.56 Å². The van der Waals surface area contributed by atoms with Gasteiger partial charge in [-0.15, -0.1) is 0 Å². The number of aromatic amines is 1. The predicted octanol–water partition coefficient (Wildman–Crippen LogP) is 3.29. The third kappa shape index (κ3) is 2.85. The number of nitrogens with one attached hydrogen (secondary N) is 1. The van der Waals surface area contributed by atoms with Crippen LogP contribution in [-0.2, 0) is 6.42 Å². The molecule has 0 saturated carbocycles. The molecule has 2 aromatic rings. The molecule has 0 aliphatic carbocycles. The van der Waals surface area contributed by atoms with Crippen molar-refractivity contribution in [1.29, 1.82) is 0 Å². The van der Waals surface area contributed by atoms with Gasteiger partial charge in [0.05, 0.1) is 4.47 Å². The van der Waals surface area contributed by atoms with Gasteiger partial charge in [0.15, 0.2) is 0 Å². The molecule has 0 spiro atoms. The number of hydrogen-bond acceptors (Lipinski definition) is 2. The Labute approximate surface area is 112 Å². The number of halogens is 2. The van der Waals surface area contributed by atoms with E-state index in [9.17, 15) is 9.18 Å². The van der Waals surface area contributed by atoms with Gasteiger partial charge in [-0.1, -0.05) is 13.3 Å². The molecule has 1 aromatic carbocycles. The van der Waals surface area contributed by atoms with Crippen molar-refractivity contribution < 1.29 is 4.39 Å². The van der Waals surface area contributed by atoms with E-state index >= 15 is 0 Å². The molecule has 2 rings (SSSR count). The van der Waals surface area contributed by atoms with E-state index < -0.39 is 0 Å². The van der Waals surface area contributed by atoms with Crippen LogP contribution in [-0.4, -0.2) is 9.97 Å². The van der Waals surface area contributed by atoms with Crippen LogP contribution >= 0.6 is 15.9 Å². The van der Waals surface area contributed by atoms with Gasteiger partial charge in [0, 0.05) is 17.3 Å². The van der Waals surface area contributed by atoms with Crippen molar-refractivity contribution >= 4 is 15.9 Å². The van der Waals surface area contributed by atoms with E-state index in [1.807, 2.05) is 6.92 Å². The molecule has 3 nitrogen and oxygen atoms in total. The number of aromatic nitrogens is 2. The maximum atomic E-state index is 13.2. The summed E-state index contributed by atoms with van der Waals surface area (Å²) >= 11 is 3.12. The summed E-state index contributed by atoms with van der Waals surface area (Å²) in [6, 6.07) is 6.02. The summed E-state index contributed by atoms with van der Waals surface area (Å²) in [5.74, 6) is 0.123. The van der Waals surface area contributed by atoms with Crippen LogP contribution in [0.15, 0.2) is 33.5 Å². The monoisotopic (exact) mass is 310 g/mol. The van der Waals surface area contributed by atoms with E-state index in [-0.39, 0.29) is 11.4 Å². The van der Waals surface area contributed by atoms with Crippen LogP contribution in [0.1, 0.15) is 19.0 Å². The first-order valence-corrected chi connectivity index (χ1v) is 6.45. The molecule has 1 N–H and O–H groups in total. The molecule has 1 heterocycles. The first kappa shape index (κ1) is 13.0. The molecule has 0 atom stereocenters. The average molecular weight is 311 g/mol. The fraction of sp³-hybridized carbons (Fsp3) is 0.231. The minimum absolute atomic E-state index is 0.191. The lowest BCUT2D eigenvalue weighted by atomic mass is 10.2. The molecule has 0 amide bonds. The van der Waals surface area contributed by atoms with Crippen LogP contribution in [0.3, 0.4) is 0 Å². The largest absolute Gasteiger partial charge is 0.307 e. The fourth-order valence-corrected chi connectivity index (χ4v) is 2.05. The normalized spacial score (nSPS) is 10.6. The zero-order valence-corrected chi connectivity index (χ0v) is 11.4. The van der Waals surface area contributed by atoms with Crippen molar-refractivity contribution in [1.82, 2.24) is 9.97 Å². The molecule has 0 radical (unpaired) electrons. The Hall–Kier alpha value is -1.49. The topological polar surface area (TPSA) is 45.8 Å². The van der Waals surface area contributed by atoms with Crippen LogP contribution in [0, 0.1) is 5.82 Å². The summed E-state index contributed by atoms with van der Waals surface area (Å²) in [5.41, 5.74) is 1.24. The zero-order valence-electron chi connectivity index (χ0n) is 9.84. The zero-order chi connectivity index (χ0) is 13.1. The predicted molar refractivity (Wildman–Crippen MR) is 71.9 cm³/mol. The molecule has 5 heteroatoms. The number of hydrogen-bond donors (Lipinski definition) is 1. The minimum atomic E-state index is -0.342. The maximum Gasteiger partial charge on any atom is 0.251 e.